The van der Waals surface area contributed by atoms with Crippen molar-refractivity contribution in [3.63, 3.8) is 0 Å². The van der Waals surface area contributed by atoms with Crippen molar-refractivity contribution in [1.29, 1.82) is 0 Å². The summed E-state index contributed by atoms with van der Waals surface area (Å²) in [6, 6.07) is 0. The van der Waals surface area contributed by atoms with Crippen molar-refractivity contribution in [3.8, 4) is 0 Å². The highest BCUT2D eigenvalue weighted by Crippen LogP contribution is 2.25. The molecule has 1 saturated heterocycles. The Labute approximate surface area is 114 Å². The second kappa shape index (κ2) is 6.04. The normalized spacial score (nSPS) is 20.5. The van der Waals surface area contributed by atoms with E-state index in [-0.39, 0.29) is 0 Å². The molecule has 0 amide bonds. The molecule has 2 heterocycles. The number of H-pyrrole nitrogens is 1. The van der Waals surface area contributed by atoms with Gasteiger partial charge in [0.1, 0.15) is 10.5 Å². The maximum atomic E-state index is 5.47. The Hall–Kier alpha value is -0.300. The molecular formula is C11H15BrN2O2S. The highest BCUT2D eigenvalue weighted by Gasteiger charge is 2.19. The second-order valence-corrected chi connectivity index (χ2v) is 5.25. The van der Waals surface area contributed by atoms with E-state index in [1.807, 2.05) is 0 Å². The van der Waals surface area contributed by atoms with Gasteiger partial charge in [-0.3, -0.25) is 0 Å². The van der Waals surface area contributed by atoms with Crippen LogP contribution in [0.5, 0.6) is 0 Å². The molecule has 94 valence electrons. The lowest BCUT2D eigenvalue weighted by Gasteiger charge is -2.22. The number of nitrogens with one attached hydrogen (secondary N) is 1. The molecule has 0 aromatic carbocycles. The summed E-state index contributed by atoms with van der Waals surface area (Å²) in [5.74, 6) is 1.22. The first kappa shape index (κ1) is 13.1. The zero-order chi connectivity index (χ0) is 12.3. The van der Waals surface area contributed by atoms with Gasteiger partial charge in [0.2, 0.25) is 0 Å². The maximum absolute atomic E-state index is 5.47. The summed E-state index contributed by atoms with van der Waals surface area (Å²) in [5, 5.41) is 0. The summed E-state index contributed by atoms with van der Waals surface area (Å²) >= 11 is 8.67. The van der Waals surface area contributed by atoms with E-state index in [1.54, 1.807) is 7.11 Å². The Morgan fingerprint density at radius 3 is 3.12 bits per heavy atom. The third-order valence-electron chi connectivity index (χ3n) is 2.79. The molecule has 1 aliphatic rings. The molecule has 0 spiro atoms. The fraction of sp³-hybridized carbons (Fsp3) is 0.636. The minimum atomic E-state index is 0.314. The predicted octanol–water partition coefficient (Wildman–Crippen LogP) is 2.94. The number of hydrogen-bond donors (Lipinski definition) is 1. The van der Waals surface area contributed by atoms with Crippen molar-refractivity contribution < 1.29 is 9.47 Å². The number of methoxy groups -OCH3 is 1. The standard InChI is InChI=1S/C11H15BrN2O2S/c1-15-6-8-9(12)11(17)14-10(13-8)7-3-2-4-16-5-7/h7H,2-6H2,1H3,(H,13,14,17). The molecule has 1 unspecified atom stereocenters. The van der Waals surface area contributed by atoms with Crippen LogP contribution in [0.2, 0.25) is 0 Å². The molecule has 0 bridgehead atoms. The number of aromatic amines is 1. The molecule has 1 N–H and O–H groups in total. The van der Waals surface area contributed by atoms with Crippen LogP contribution < -0.4 is 0 Å². The maximum Gasteiger partial charge on any atom is 0.144 e. The van der Waals surface area contributed by atoms with Gasteiger partial charge in [0.15, 0.2) is 0 Å². The fourth-order valence-corrected chi connectivity index (χ4v) is 2.44. The average molecular weight is 319 g/mol. The van der Waals surface area contributed by atoms with Crippen LogP contribution in [-0.2, 0) is 16.1 Å². The number of ether oxygens (including phenoxy) is 2. The van der Waals surface area contributed by atoms with Crippen molar-refractivity contribution in [1.82, 2.24) is 9.97 Å². The molecule has 1 aliphatic heterocycles. The summed E-state index contributed by atoms with van der Waals surface area (Å²) in [7, 11) is 1.66. The third-order valence-corrected chi connectivity index (χ3v) is 4.20. The van der Waals surface area contributed by atoms with Crippen LogP contribution in [0.3, 0.4) is 0 Å². The van der Waals surface area contributed by atoms with Gasteiger partial charge in [0.25, 0.3) is 0 Å². The molecular weight excluding hydrogens is 304 g/mol. The fourth-order valence-electron chi connectivity index (χ4n) is 1.92. The van der Waals surface area contributed by atoms with Gasteiger partial charge < -0.3 is 14.5 Å². The third kappa shape index (κ3) is 3.13. The number of hydrogen-bond acceptors (Lipinski definition) is 4. The van der Waals surface area contributed by atoms with Crippen LogP contribution in [-0.4, -0.2) is 30.3 Å². The first-order valence-corrected chi connectivity index (χ1v) is 6.77. The van der Waals surface area contributed by atoms with Crippen LogP contribution in [0.1, 0.15) is 30.3 Å². The lowest BCUT2D eigenvalue weighted by molar-refractivity contribution is 0.0777. The molecule has 1 fully saturated rings. The Kier molecular flexibility index (Phi) is 4.67. The van der Waals surface area contributed by atoms with Crippen molar-refractivity contribution in [3.05, 3.63) is 20.6 Å². The Morgan fingerprint density at radius 2 is 2.47 bits per heavy atom. The van der Waals surface area contributed by atoms with Crippen molar-refractivity contribution in [2.45, 2.75) is 25.4 Å². The van der Waals surface area contributed by atoms with E-state index in [1.165, 1.54) is 0 Å². The summed E-state index contributed by atoms with van der Waals surface area (Å²) < 4.78 is 12.0. The molecule has 17 heavy (non-hydrogen) atoms. The summed E-state index contributed by atoms with van der Waals surface area (Å²) in [4.78, 5) is 7.71. The van der Waals surface area contributed by atoms with Gasteiger partial charge in [-0.25, -0.2) is 4.98 Å². The molecule has 1 aromatic heterocycles. The van der Waals surface area contributed by atoms with E-state index in [4.69, 9.17) is 21.7 Å². The van der Waals surface area contributed by atoms with Crippen LogP contribution in [0.4, 0.5) is 0 Å². The molecule has 4 nitrogen and oxygen atoms in total. The van der Waals surface area contributed by atoms with Gasteiger partial charge in [0, 0.05) is 19.6 Å². The van der Waals surface area contributed by atoms with E-state index in [0.29, 0.717) is 23.8 Å². The van der Waals surface area contributed by atoms with Crippen molar-refractivity contribution in [2.24, 2.45) is 0 Å². The van der Waals surface area contributed by atoms with Crippen LogP contribution in [0.15, 0.2) is 4.47 Å². The van der Waals surface area contributed by atoms with Gasteiger partial charge in [0.05, 0.1) is 23.4 Å². The second-order valence-electron chi connectivity index (χ2n) is 4.07. The Bertz CT molecular complexity index is 444. The zero-order valence-corrected chi connectivity index (χ0v) is 12.1. The number of rotatable bonds is 3. The molecule has 1 aromatic rings. The lowest BCUT2D eigenvalue weighted by atomic mass is 10.0. The quantitative estimate of drug-likeness (QED) is 0.870. The summed E-state index contributed by atoms with van der Waals surface area (Å²) in [5.41, 5.74) is 0.938. The van der Waals surface area contributed by atoms with E-state index in [9.17, 15) is 0 Å². The largest absolute Gasteiger partial charge is 0.381 e. The minimum absolute atomic E-state index is 0.314. The predicted molar refractivity (Wildman–Crippen MR) is 70.6 cm³/mol. The van der Waals surface area contributed by atoms with Crippen LogP contribution in [0, 0.1) is 4.64 Å². The first-order valence-electron chi connectivity index (χ1n) is 5.57. The van der Waals surface area contributed by atoms with Crippen LogP contribution in [0.25, 0.3) is 0 Å². The van der Waals surface area contributed by atoms with Crippen molar-refractivity contribution in [2.75, 3.05) is 20.3 Å². The summed E-state index contributed by atoms with van der Waals surface area (Å²) in [6.45, 7) is 2.05. The lowest BCUT2D eigenvalue weighted by Crippen LogP contribution is -2.18. The van der Waals surface area contributed by atoms with Gasteiger partial charge in [-0.2, -0.15) is 0 Å². The van der Waals surface area contributed by atoms with Gasteiger partial charge in [-0.05, 0) is 28.8 Å². The summed E-state index contributed by atoms with van der Waals surface area (Å²) in [6.07, 6.45) is 2.16. The molecule has 0 radical (unpaired) electrons. The monoisotopic (exact) mass is 318 g/mol. The average Bonchev–Trinajstić information content (AvgIpc) is 2.36. The van der Waals surface area contributed by atoms with E-state index >= 15 is 0 Å². The number of halogens is 1. The Morgan fingerprint density at radius 1 is 1.65 bits per heavy atom. The molecule has 2 rings (SSSR count). The van der Waals surface area contributed by atoms with Gasteiger partial charge in [-0.1, -0.05) is 12.2 Å². The molecule has 6 heteroatoms. The minimum Gasteiger partial charge on any atom is -0.381 e. The molecule has 0 aliphatic carbocycles. The molecule has 0 saturated carbocycles. The van der Waals surface area contributed by atoms with Gasteiger partial charge in [-0.15, -0.1) is 0 Å². The highest BCUT2D eigenvalue weighted by atomic mass is 79.9. The highest BCUT2D eigenvalue weighted by molar-refractivity contribution is 9.10. The smallest absolute Gasteiger partial charge is 0.144 e. The van der Waals surface area contributed by atoms with E-state index in [2.05, 4.69) is 25.9 Å². The van der Waals surface area contributed by atoms with Crippen molar-refractivity contribution >= 4 is 28.1 Å². The molecule has 1 atom stereocenters. The van der Waals surface area contributed by atoms with E-state index < -0.39 is 0 Å². The number of aromatic nitrogens is 2. The topological polar surface area (TPSA) is 47.1 Å². The first-order chi connectivity index (χ1) is 8.22. The Balaban J connectivity index is 2.30. The zero-order valence-electron chi connectivity index (χ0n) is 9.66. The number of nitrogens with zero attached hydrogens (tertiary/aromatic N) is 1. The van der Waals surface area contributed by atoms with Gasteiger partial charge >= 0.3 is 0 Å². The van der Waals surface area contributed by atoms with E-state index in [0.717, 1.165) is 35.4 Å². The SMILES string of the molecule is COCc1[nH]c(C2CCCOC2)nc(=S)c1Br. The van der Waals surface area contributed by atoms with Crippen LogP contribution >= 0.6 is 28.1 Å².